The molecule has 0 spiro atoms. The van der Waals surface area contributed by atoms with Crippen molar-refractivity contribution in [1.29, 1.82) is 0 Å². The van der Waals surface area contributed by atoms with Crippen LogP contribution in [0.15, 0.2) is 47.4 Å². The van der Waals surface area contributed by atoms with Crippen LogP contribution in [-0.4, -0.2) is 38.3 Å². The van der Waals surface area contributed by atoms with Crippen LogP contribution >= 0.6 is 11.6 Å². The zero-order chi connectivity index (χ0) is 18.9. The summed E-state index contributed by atoms with van der Waals surface area (Å²) < 4.78 is 26.8. The molecule has 138 valence electrons. The molecule has 0 aromatic heterocycles. The van der Waals surface area contributed by atoms with Crippen LogP contribution in [0.5, 0.6) is 0 Å². The molecule has 0 fully saturated rings. The predicted molar refractivity (Wildman–Crippen MR) is 103 cm³/mol. The summed E-state index contributed by atoms with van der Waals surface area (Å²) in [6.45, 7) is 4.99. The molecule has 0 unspecified atom stereocenters. The molecule has 1 heterocycles. The van der Waals surface area contributed by atoms with Crippen molar-refractivity contribution in [3.63, 3.8) is 0 Å². The van der Waals surface area contributed by atoms with Gasteiger partial charge in [-0.15, -0.1) is 0 Å². The molecule has 0 saturated heterocycles. The molecule has 7 heteroatoms. The van der Waals surface area contributed by atoms with Crippen molar-refractivity contribution < 1.29 is 13.2 Å². The Morgan fingerprint density at radius 3 is 2.50 bits per heavy atom. The Labute approximate surface area is 159 Å². The second-order valence-corrected chi connectivity index (χ2v) is 8.41. The van der Waals surface area contributed by atoms with Gasteiger partial charge in [-0.2, -0.15) is 4.31 Å². The summed E-state index contributed by atoms with van der Waals surface area (Å²) in [4.78, 5) is 14.8. The smallest absolute Gasteiger partial charge is 0.259 e. The van der Waals surface area contributed by atoms with Crippen molar-refractivity contribution >= 4 is 33.2 Å². The van der Waals surface area contributed by atoms with Gasteiger partial charge in [0.2, 0.25) is 10.0 Å². The highest BCUT2D eigenvalue weighted by atomic mass is 35.5. The van der Waals surface area contributed by atoms with Gasteiger partial charge in [0.15, 0.2) is 0 Å². The molecule has 1 aliphatic rings. The topological polar surface area (TPSA) is 57.7 Å². The summed E-state index contributed by atoms with van der Waals surface area (Å²) in [5.74, 6) is -0.172. The standard InChI is InChI=1S/C19H21ClN2O3S/c1-3-21(4-2)26(24,25)15-9-10-18-14(13-15)11-12-22(18)19(23)16-7-5-6-8-17(16)20/h5-10,13H,3-4,11-12H2,1-2H3. The second kappa shape index (κ2) is 7.39. The minimum atomic E-state index is -3.51. The molecule has 2 aromatic carbocycles. The highest BCUT2D eigenvalue weighted by Gasteiger charge is 2.29. The van der Waals surface area contributed by atoms with E-state index in [0.717, 1.165) is 11.3 Å². The lowest BCUT2D eigenvalue weighted by Gasteiger charge is -2.20. The lowest BCUT2D eigenvalue weighted by Crippen LogP contribution is -2.31. The highest BCUT2D eigenvalue weighted by Crippen LogP contribution is 2.33. The molecular weight excluding hydrogens is 372 g/mol. The quantitative estimate of drug-likeness (QED) is 0.781. The summed E-state index contributed by atoms with van der Waals surface area (Å²) in [7, 11) is -3.51. The fraction of sp³-hybridized carbons (Fsp3) is 0.316. The van der Waals surface area contributed by atoms with E-state index in [9.17, 15) is 13.2 Å². The number of hydrogen-bond acceptors (Lipinski definition) is 3. The SMILES string of the molecule is CCN(CC)S(=O)(=O)c1ccc2c(c1)CCN2C(=O)c1ccccc1Cl. The zero-order valence-corrected chi connectivity index (χ0v) is 16.3. The van der Waals surface area contributed by atoms with Crippen molar-refractivity contribution in [1.82, 2.24) is 4.31 Å². The summed E-state index contributed by atoms with van der Waals surface area (Å²) in [6.07, 6.45) is 0.618. The number of amides is 1. The van der Waals surface area contributed by atoms with Gasteiger partial charge in [0.25, 0.3) is 5.91 Å². The molecular formula is C19H21ClN2O3S. The van der Waals surface area contributed by atoms with E-state index in [2.05, 4.69) is 0 Å². The fourth-order valence-electron chi connectivity index (χ4n) is 3.24. The Balaban J connectivity index is 1.94. The second-order valence-electron chi connectivity index (χ2n) is 6.07. The molecule has 5 nitrogen and oxygen atoms in total. The van der Waals surface area contributed by atoms with E-state index in [-0.39, 0.29) is 10.8 Å². The molecule has 1 aliphatic heterocycles. The maximum atomic E-state index is 12.8. The summed E-state index contributed by atoms with van der Waals surface area (Å²) >= 11 is 6.14. The van der Waals surface area contributed by atoms with E-state index in [1.165, 1.54) is 4.31 Å². The third-order valence-corrected chi connectivity index (χ3v) is 7.01. The Hall–Kier alpha value is -1.89. The van der Waals surface area contributed by atoms with Crippen molar-refractivity contribution in [2.24, 2.45) is 0 Å². The third-order valence-electron chi connectivity index (χ3n) is 4.64. The van der Waals surface area contributed by atoms with Crippen LogP contribution in [-0.2, 0) is 16.4 Å². The molecule has 0 aliphatic carbocycles. The van der Waals surface area contributed by atoms with Gasteiger partial charge < -0.3 is 4.90 Å². The van der Waals surface area contributed by atoms with E-state index in [4.69, 9.17) is 11.6 Å². The number of carbonyl (C=O) groups is 1. The monoisotopic (exact) mass is 392 g/mol. The van der Waals surface area contributed by atoms with E-state index in [1.807, 2.05) is 13.8 Å². The van der Waals surface area contributed by atoms with Gasteiger partial charge in [0.1, 0.15) is 0 Å². The minimum Gasteiger partial charge on any atom is -0.308 e. The van der Waals surface area contributed by atoms with Crippen molar-refractivity contribution in [2.75, 3.05) is 24.5 Å². The Morgan fingerprint density at radius 1 is 1.15 bits per heavy atom. The lowest BCUT2D eigenvalue weighted by molar-refractivity contribution is 0.0989. The first kappa shape index (κ1) is 18.9. The molecule has 0 saturated carbocycles. The molecule has 3 rings (SSSR count). The van der Waals surface area contributed by atoms with Gasteiger partial charge in [-0.05, 0) is 42.3 Å². The van der Waals surface area contributed by atoms with Crippen LogP contribution in [0.3, 0.4) is 0 Å². The van der Waals surface area contributed by atoms with Crippen LogP contribution in [0.4, 0.5) is 5.69 Å². The van der Waals surface area contributed by atoms with E-state index in [1.54, 1.807) is 47.4 Å². The molecule has 0 N–H and O–H groups in total. The maximum absolute atomic E-state index is 12.8. The van der Waals surface area contributed by atoms with Gasteiger partial charge in [-0.25, -0.2) is 8.42 Å². The van der Waals surface area contributed by atoms with Gasteiger partial charge in [-0.3, -0.25) is 4.79 Å². The predicted octanol–water partition coefficient (Wildman–Crippen LogP) is 3.57. The maximum Gasteiger partial charge on any atom is 0.259 e. The Bertz CT molecular complexity index is 940. The number of halogens is 1. The van der Waals surface area contributed by atoms with Crippen LogP contribution < -0.4 is 4.90 Å². The molecule has 0 bridgehead atoms. The summed E-state index contributed by atoms with van der Waals surface area (Å²) in [5.41, 5.74) is 2.05. The van der Waals surface area contributed by atoms with Gasteiger partial charge >= 0.3 is 0 Å². The first-order chi connectivity index (χ1) is 12.4. The van der Waals surface area contributed by atoms with Crippen molar-refractivity contribution in [3.05, 3.63) is 58.6 Å². The minimum absolute atomic E-state index is 0.172. The average molecular weight is 393 g/mol. The first-order valence-electron chi connectivity index (χ1n) is 8.59. The number of rotatable bonds is 5. The highest BCUT2D eigenvalue weighted by molar-refractivity contribution is 7.89. The number of fused-ring (bicyclic) bond motifs is 1. The number of sulfonamides is 1. The summed E-state index contributed by atoms with van der Waals surface area (Å²) in [6, 6.07) is 11.9. The zero-order valence-electron chi connectivity index (χ0n) is 14.8. The van der Waals surface area contributed by atoms with Gasteiger partial charge in [0.05, 0.1) is 15.5 Å². The Kier molecular flexibility index (Phi) is 5.37. The normalized spacial score (nSPS) is 13.9. The first-order valence-corrected chi connectivity index (χ1v) is 10.4. The molecule has 1 amide bonds. The van der Waals surface area contributed by atoms with Crippen LogP contribution in [0, 0.1) is 0 Å². The van der Waals surface area contributed by atoms with Crippen molar-refractivity contribution in [2.45, 2.75) is 25.2 Å². The lowest BCUT2D eigenvalue weighted by atomic mass is 10.1. The number of nitrogens with zero attached hydrogens (tertiary/aromatic N) is 2. The largest absolute Gasteiger partial charge is 0.308 e. The summed E-state index contributed by atoms with van der Waals surface area (Å²) in [5, 5.41) is 0.409. The third kappa shape index (κ3) is 3.24. The average Bonchev–Trinajstić information content (AvgIpc) is 3.05. The van der Waals surface area contributed by atoms with Crippen molar-refractivity contribution in [3.8, 4) is 0 Å². The molecule has 0 radical (unpaired) electrons. The van der Waals surface area contributed by atoms with E-state index < -0.39 is 10.0 Å². The van der Waals surface area contributed by atoms with Gasteiger partial charge in [0, 0.05) is 25.3 Å². The van der Waals surface area contributed by atoms with Crippen LogP contribution in [0.2, 0.25) is 5.02 Å². The molecule has 0 atom stereocenters. The Morgan fingerprint density at radius 2 is 1.85 bits per heavy atom. The molecule has 2 aromatic rings. The fourth-order valence-corrected chi connectivity index (χ4v) is 4.97. The van der Waals surface area contributed by atoms with Crippen LogP contribution in [0.25, 0.3) is 0 Å². The van der Waals surface area contributed by atoms with E-state index in [0.29, 0.717) is 36.6 Å². The molecule has 26 heavy (non-hydrogen) atoms. The number of hydrogen-bond donors (Lipinski definition) is 0. The number of benzene rings is 2. The number of carbonyl (C=O) groups excluding carboxylic acids is 1. The van der Waals surface area contributed by atoms with Crippen LogP contribution in [0.1, 0.15) is 29.8 Å². The van der Waals surface area contributed by atoms with Gasteiger partial charge in [-0.1, -0.05) is 37.6 Å². The van der Waals surface area contributed by atoms with E-state index >= 15 is 0 Å². The number of anilines is 1.